The third-order valence-corrected chi connectivity index (χ3v) is 2.74. The van der Waals surface area contributed by atoms with Crippen molar-refractivity contribution in [3.05, 3.63) is 57.8 Å². The maximum absolute atomic E-state index is 11.9. The van der Waals surface area contributed by atoms with E-state index in [-0.39, 0.29) is 11.6 Å². The summed E-state index contributed by atoms with van der Waals surface area (Å²) in [5.74, 6) is 0.0555. The molecule has 1 heterocycles. The summed E-state index contributed by atoms with van der Waals surface area (Å²) >= 11 is 0. The molecule has 1 aromatic carbocycles. The number of hydrogen-bond donors (Lipinski definition) is 1. The molecule has 8 heteroatoms. The van der Waals surface area contributed by atoms with Crippen molar-refractivity contribution >= 4 is 18.0 Å². The predicted octanol–water partition coefficient (Wildman–Crippen LogP) is 2.74. The van der Waals surface area contributed by atoms with Gasteiger partial charge in [-0.15, -0.1) is 0 Å². The Hall–Kier alpha value is -3.16. The van der Waals surface area contributed by atoms with Crippen LogP contribution in [-0.4, -0.2) is 23.7 Å². The van der Waals surface area contributed by atoms with E-state index in [4.69, 9.17) is 9.15 Å². The van der Waals surface area contributed by atoms with Gasteiger partial charge in [-0.05, 0) is 36.8 Å². The van der Waals surface area contributed by atoms with Crippen LogP contribution in [0.4, 0.5) is 5.88 Å². The topological polar surface area (TPSA) is 107 Å². The van der Waals surface area contributed by atoms with Crippen LogP contribution in [0.5, 0.6) is 5.75 Å². The lowest BCUT2D eigenvalue weighted by molar-refractivity contribution is -0.402. The molecule has 2 aromatic rings. The third-order valence-electron chi connectivity index (χ3n) is 2.74. The summed E-state index contributed by atoms with van der Waals surface area (Å²) in [4.78, 5) is 21.7. The van der Waals surface area contributed by atoms with Crippen LogP contribution in [0.1, 0.15) is 29.5 Å². The second kappa shape index (κ2) is 7.74. The Morgan fingerprint density at radius 3 is 2.70 bits per heavy atom. The molecule has 0 saturated heterocycles. The first-order valence-electron chi connectivity index (χ1n) is 6.90. The van der Waals surface area contributed by atoms with Crippen molar-refractivity contribution in [1.29, 1.82) is 0 Å². The Balaban J connectivity index is 1.90. The van der Waals surface area contributed by atoms with Crippen LogP contribution in [0, 0.1) is 10.1 Å². The van der Waals surface area contributed by atoms with Crippen LogP contribution in [0.25, 0.3) is 0 Å². The van der Waals surface area contributed by atoms with E-state index in [1.807, 2.05) is 6.92 Å². The number of furan rings is 1. The number of hydrogen-bond acceptors (Lipinski definition) is 6. The first-order chi connectivity index (χ1) is 11.1. The molecule has 0 aliphatic rings. The highest BCUT2D eigenvalue weighted by atomic mass is 16.6. The molecule has 2 rings (SSSR count). The Bertz CT molecular complexity index is 706. The molecular weight excluding hydrogens is 302 g/mol. The minimum Gasteiger partial charge on any atom is -0.494 e. The van der Waals surface area contributed by atoms with Gasteiger partial charge < -0.3 is 9.15 Å². The number of nitrogens with one attached hydrogen (secondary N) is 1. The smallest absolute Gasteiger partial charge is 0.433 e. The maximum atomic E-state index is 11.9. The van der Waals surface area contributed by atoms with E-state index in [0.29, 0.717) is 17.9 Å². The number of nitro groups is 1. The van der Waals surface area contributed by atoms with Crippen LogP contribution in [0.2, 0.25) is 0 Å². The van der Waals surface area contributed by atoms with Gasteiger partial charge >= 0.3 is 5.88 Å². The number of hydrazone groups is 1. The zero-order valence-corrected chi connectivity index (χ0v) is 12.4. The Kier molecular flexibility index (Phi) is 5.45. The van der Waals surface area contributed by atoms with E-state index < -0.39 is 10.8 Å². The molecule has 1 N–H and O–H groups in total. The fraction of sp³-hybridized carbons (Fsp3) is 0.200. The molecule has 0 bridgehead atoms. The highest BCUT2D eigenvalue weighted by Crippen LogP contribution is 2.14. The SMILES string of the molecule is CCCOc1ccc(C(=O)N/N=C\c2ccc([N+](=O)[O-])o2)cc1. The molecule has 23 heavy (non-hydrogen) atoms. The molecular formula is C15H15N3O5. The molecule has 0 unspecified atom stereocenters. The van der Waals surface area contributed by atoms with Crippen LogP contribution in [-0.2, 0) is 0 Å². The molecule has 1 aromatic heterocycles. The predicted molar refractivity (Wildman–Crippen MR) is 82.7 cm³/mol. The van der Waals surface area contributed by atoms with Gasteiger partial charge in [0.25, 0.3) is 5.91 Å². The number of ether oxygens (including phenoxy) is 1. The lowest BCUT2D eigenvalue weighted by Gasteiger charge is -2.05. The second-order valence-electron chi connectivity index (χ2n) is 4.51. The van der Waals surface area contributed by atoms with Crippen LogP contribution in [0.15, 0.2) is 45.9 Å². The van der Waals surface area contributed by atoms with Gasteiger partial charge in [0, 0.05) is 5.56 Å². The van der Waals surface area contributed by atoms with Crippen molar-refractivity contribution in [1.82, 2.24) is 5.43 Å². The van der Waals surface area contributed by atoms with Crippen molar-refractivity contribution in [2.24, 2.45) is 5.10 Å². The van der Waals surface area contributed by atoms with Gasteiger partial charge in [-0.3, -0.25) is 14.9 Å². The van der Waals surface area contributed by atoms with Crippen molar-refractivity contribution < 1.29 is 18.9 Å². The van der Waals surface area contributed by atoms with E-state index in [1.54, 1.807) is 24.3 Å². The average molecular weight is 317 g/mol. The zero-order valence-electron chi connectivity index (χ0n) is 12.4. The average Bonchev–Trinajstić information content (AvgIpc) is 3.02. The fourth-order valence-electron chi connectivity index (χ4n) is 1.65. The van der Waals surface area contributed by atoms with Crippen LogP contribution in [0.3, 0.4) is 0 Å². The summed E-state index contributed by atoms with van der Waals surface area (Å²) < 4.78 is 10.3. The van der Waals surface area contributed by atoms with E-state index in [2.05, 4.69) is 10.5 Å². The summed E-state index contributed by atoms with van der Waals surface area (Å²) in [5.41, 5.74) is 2.72. The number of carbonyl (C=O) groups excluding carboxylic acids is 1. The van der Waals surface area contributed by atoms with Gasteiger partial charge in [0.05, 0.1) is 18.9 Å². The lowest BCUT2D eigenvalue weighted by atomic mass is 10.2. The normalized spacial score (nSPS) is 10.7. The Morgan fingerprint density at radius 2 is 2.09 bits per heavy atom. The molecule has 0 radical (unpaired) electrons. The number of benzene rings is 1. The molecule has 1 amide bonds. The molecule has 0 aliphatic carbocycles. The van der Waals surface area contributed by atoms with E-state index >= 15 is 0 Å². The number of amides is 1. The largest absolute Gasteiger partial charge is 0.494 e. The monoisotopic (exact) mass is 317 g/mol. The highest BCUT2D eigenvalue weighted by molar-refractivity contribution is 5.94. The summed E-state index contributed by atoms with van der Waals surface area (Å²) in [5, 5.41) is 14.2. The highest BCUT2D eigenvalue weighted by Gasteiger charge is 2.10. The van der Waals surface area contributed by atoms with Crippen molar-refractivity contribution in [3.63, 3.8) is 0 Å². The Labute approximate surface area is 131 Å². The van der Waals surface area contributed by atoms with E-state index in [0.717, 1.165) is 6.42 Å². The quantitative estimate of drug-likeness (QED) is 0.480. The summed E-state index contributed by atoms with van der Waals surface area (Å²) in [6.45, 7) is 2.62. The van der Waals surface area contributed by atoms with Gasteiger partial charge in [0.15, 0.2) is 5.76 Å². The van der Waals surface area contributed by atoms with Crippen molar-refractivity contribution in [3.8, 4) is 5.75 Å². The minimum absolute atomic E-state index is 0.167. The summed E-state index contributed by atoms with van der Waals surface area (Å²) in [7, 11) is 0. The van der Waals surface area contributed by atoms with Crippen molar-refractivity contribution in [2.75, 3.05) is 6.61 Å². The van der Waals surface area contributed by atoms with Gasteiger partial charge in [-0.1, -0.05) is 6.92 Å². The molecule has 0 saturated carbocycles. The Morgan fingerprint density at radius 1 is 1.35 bits per heavy atom. The standard InChI is InChI=1S/C15H15N3O5/c1-2-9-22-12-5-3-11(4-6-12)15(19)17-16-10-13-7-8-14(23-13)18(20)21/h3-8,10H,2,9H2,1H3,(H,17,19)/b16-10-. The molecule has 120 valence electrons. The first kappa shape index (κ1) is 16.2. The molecule has 0 atom stereocenters. The summed E-state index contributed by atoms with van der Waals surface area (Å²) in [6.07, 6.45) is 2.09. The number of nitrogens with zero attached hydrogens (tertiary/aromatic N) is 2. The van der Waals surface area contributed by atoms with Crippen LogP contribution < -0.4 is 10.2 Å². The zero-order chi connectivity index (χ0) is 16.7. The second-order valence-corrected chi connectivity index (χ2v) is 4.51. The minimum atomic E-state index is -0.655. The van der Waals surface area contributed by atoms with E-state index in [1.165, 1.54) is 18.3 Å². The van der Waals surface area contributed by atoms with Crippen LogP contribution >= 0.6 is 0 Å². The van der Waals surface area contributed by atoms with Crippen molar-refractivity contribution in [2.45, 2.75) is 13.3 Å². The lowest BCUT2D eigenvalue weighted by Crippen LogP contribution is -2.17. The molecule has 8 nitrogen and oxygen atoms in total. The molecule has 0 aliphatic heterocycles. The first-order valence-corrected chi connectivity index (χ1v) is 6.90. The summed E-state index contributed by atoms with van der Waals surface area (Å²) in [6, 6.07) is 9.22. The van der Waals surface area contributed by atoms with Gasteiger partial charge in [0.2, 0.25) is 0 Å². The van der Waals surface area contributed by atoms with Gasteiger partial charge in [-0.2, -0.15) is 5.10 Å². The van der Waals surface area contributed by atoms with E-state index in [9.17, 15) is 14.9 Å². The molecule has 0 spiro atoms. The third kappa shape index (κ3) is 4.67. The molecule has 0 fully saturated rings. The van der Waals surface area contributed by atoms with Gasteiger partial charge in [0.1, 0.15) is 10.7 Å². The van der Waals surface area contributed by atoms with Gasteiger partial charge in [-0.25, -0.2) is 5.43 Å². The number of rotatable bonds is 7. The fourth-order valence-corrected chi connectivity index (χ4v) is 1.65. The number of carbonyl (C=O) groups is 1. The maximum Gasteiger partial charge on any atom is 0.433 e.